The minimum Gasteiger partial charge on any atom is -0.342 e. The monoisotopic (exact) mass is 438 g/mol. The first-order chi connectivity index (χ1) is 14.9. The van der Waals surface area contributed by atoms with Crippen LogP contribution in [0.5, 0.6) is 0 Å². The molecule has 3 aromatic rings. The van der Waals surface area contributed by atoms with E-state index in [4.69, 9.17) is 4.98 Å². The summed E-state index contributed by atoms with van der Waals surface area (Å²) in [6.07, 6.45) is 8.62. The lowest BCUT2D eigenvalue weighted by Gasteiger charge is -2.41. The van der Waals surface area contributed by atoms with Crippen molar-refractivity contribution in [3.8, 4) is 17.1 Å². The Balaban J connectivity index is 1.70. The minimum absolute atomic E-state index is 0.0990. The fraction of sp³-hybridized carbons (Fsp3) is 0.455. The summed E-state index contributed by atoms with van der Waals surface area (Å²) >= 11 is 0. The Labute approximate surface area is 182 Å². The summed E-state index contributed by atoms with van der Waals surface area (Å²) in [5.74, 6) is 3.16. The average Bonchev–Trinajstić information content (AvgIpc) is 3.42. The number of rotatable bonds is 4. The maximum Gasteiger partial charge on any atom is 0.175 e. The van der Waals surface area contributed by atoms with E-state index in [1.54, 1.807) is 18.2 Å². The maximum atomic E-state index is 12.0. The summed E-state index contributed by atoms with van der Waals surface area (Å²) < 4.78 is 26.1. The van der Waals surface area contributed by atoms with Crippen molar-refractivity contribution >= 4 is 15.7 Å². The molecule has 0 bridgehead atoms. The zero-order valence-electron chi connectivity index (χ0n) is 18.0. The Hall–Kier alpha value is -2.81. The SMILES string of the molecule is CCC1c2nnc(C)n2-c2cnc(-c3cccc(S(C)(=O)=O)c3)nc2N1C1CCCC1. The molecule has 2 aliphatic rings. The van der Waals surface area contributed by atoms with E-state index in [0.29, 0.717) is 17.4 Å². The van der Waals surface area contributed by atoms with Gasteiger partial charge in [-0.1, -0.05) is 31.9 Å². The second-order valence-corrected chi connectivity index (χ2v) is 10.4. The zero-order valence-corrected chi connectivity index (χ0v) is 18.8. The molecule has 9 heteroatoms. The lowest BCUT2D eigenvalue weighted by Crippen LogP contribution is -2.42. The van der Waals surface area contributed by atoms with Gasteiger partial charge < -0.3 is 4.90 Å². The summed E-state index contributed by atoms with van der Waals surface area (Å²) in [6.45, 7) is 4.12. The molecule has 1 unspecified atom stereocenters. The van der Waals surface area contributed by atoms with Gasteiger partial charge in [-0.25, -0.2) is 18.4 Å². The van der Waals surface area contributed by atoms with E-state index < -0.39 is 9.84 Å². The van der Waals surface area contributed by atoms with Crippen LogP contribution in [-0.2, 0) is 9.84 Å². The Kier molecular flexibility index (Phi) is 4.80. The van der Waals surface area contributed by atoms with E-state index in [1.165, 1.54) is 19.1 Å². The zero-order chi connectivity index (χ0) is 21.8. The van der Waals surface area contributed by atoms with Gasteiger partial charge in [-0.2, -0.15) is 0 Å². The van der Waals surface area contributed by atoms with Crippen LogP contribution in [0.25, 0.3) is 17.1 Å². The van der Waals surface area contributed by atoms with Crippen LogP contribution in [0.2, 0.25) is 0 Å². The lowest BCUT2D eigenvalue weighted by molar-refractivity contribution is 0.468. The average molecular weight is 439 g/mol. The van der Waals surface area contributed by atoms with Crippen LogP contribution in [-0.4, -0.2) is 45.4 Å². The molecule has 1 atom stereocenters. The molecule has 1 fully saturated rings. The van der Waals surface area contributed by atoms with Crippen molar-refractivity contribution in [2.45, 2.75) is 62.9 Å². The molecule has 5 rings (SSSR count). The lowest BCUT2D eigenvalue weighted by atomic mass is 10.0. The number of nitrogens with zero attached hydrogens (tertiary/aromatic N) is 6. The highest BCUT2D eigenvalue weighted by atomic mass is 32.2. The molecule has 1 aliphatic heterocycles. The number of anilines is 1. The summed E-state index contributed by atoms with van der Waals surface area (Å²) in [6, 6.07) is 7.34. The van der Waals surface area contributed by atoms with Crippen LogP contribution in [0.15, 0.2) is 35.4 Å². The largest absolute Gasteiger partial charge is 0.342 e. The van der Waals surface area contributed by atoms with Crippen molar-refractivity contribution < 1.29 is 8.42 Å². The Morgan fingerprint density at radius 2 is 1.94 bits per heavy atom. The predicted molar refractivity (Wildman–Crippen MR) is 118 cm³/mol. The van der Waals surface area contributed by atoms with Crippen molar-refractivity contribution in [1.82, 2.24) is 24.7 Å². The van der Waals surface area contributed by atoms with Crippen molar-refractivity contribution in [2.24, 2.45) is 0 Å². The molecule has 3 heterocycles. The minimum atomic E-state index is -3.31. The van der Waals surface area contributed by atoms with E-state index >= 15 is 0 Å². The molecule has 2 aromatic heterocycles. The molecule has 1 aromatic carbocycles. The fourth-order valence-electron chi connectivity index (χ4n) is 4.87. The van der Waals surface area contributed by atoms with Crippen LogP contribution >= 0.6 is 0 Å². The van der Waals surface area contributed by atoms with Gasteiger partial charge in [0.1, 0.15) is 11.5 Å². The van der Waals surface area contributed by atoms with Crippen LogP contribution in [0, 0.1) is 6.92 Å². The third kappa shape index (κ3) is 3.31. The molecule has 1 aliphatic carbocycles. The van der Waals surface area contributed by atoms with Gasteiger partial charge in [0.25, 0.3) is 0 Å². The van der Waals surface area contributed by atoms with Gasteiger partial charge in [-0.15, -0.1) is 10.2 Å². The maximum absolute atomic E-state index is 12.0. The van der Waals surface area contributed by atoms with E-state index in [0.717, 1.165) is 42.4 Å². The van der Waals surface area contributed by atoms with Gasteiger partial charge in [0.05, 0.1) is 17.1 Å². The first-order valence-electron chi connectivity index (χ1n) is 10.8. The molecular weight excluding hydrogens is 412 g/mol. The van der Waals surface area contributed by atoms with E-state index in [2.05, 4.69) is 31.6 Å². The number of benzene rings is 1. The third-order valence-electron chi connectivity index (χ3n) is 6.34. The predicted octanol–water partition coefficient (Wildman–Crippen LogP) is 3.65. The number of hydrogen-bond donors (Lipinski definition) is 0. The molecule has 8 nitrogen and oxygen atoms in total. The highest BCUT2D eigenvalue weighted by Crippen LogP contribution is 2.43. The molecular formula is C22H26N6O2S. The summed E-state index contributed by atoms with van der Waals surface area (Å²) in [4.78, 5) is 12.3. The fourth-order valence-corrected chi connectivity index (χ4v) is 5.54. The van der Waals surface area contributed by atoms with E-state index in [-0.39, 0.29) is 10.9 Å². The molecule has 0 radical (unpaired) electrons. The van der Waals surface area contributed by atoms with Crippen molar-refractivity contribution in [3.05, 3.63) is 42.1 Å². The highest BCUT2D eigenvalue weighted by molar-refractivity contribution is 7.90. The molecule has 162 valence electrons. The highest BCUT2D eigenvalue weighted by Gasteiger charge is 2.39. The number of aromatic nitrogens is 5. The van der Waals surface area contributed by atoms with E-state index in [9.17, 15) is 8.42 Å². The molecule has 0 amide bonds. The second-order valence-electron chi connectivity index (χ2n) is 8.41. The van der Waals surface area contributed by atoms with Crippen LogP contribution in [0.1, 0.15) is 56.7 Å². The molecule has 0 N–H and O–H groups in total. The van der Waals surface area contributed by atoms with Crippen LogP contribution < -0.4 is 4.90 Å². The second kappa shape index (κ2) is 7.40. The Bertz CT molecular complexity index is 1250. The van der Waals surface area contributed by atoms with Gasteiger partial charge in [0.2, 0.25) is 0 Å². The van der Waals surface area contributed by atoms with Crippen LogP contribution in [0.4, 0.5) is 5.82 Å². The summed E-state index contributed by atoms with van der Waals surface area (Å²) in [5, 5.41) is 8.84. The third-order valence-corrected chi connectivity index (χ3v) is 7.45. The summed E-state index contributed by atoms with van der Waals surface area (Å²) in [5.41, 5.74) is 1.58. The quantitative estimate of drug-likeness (QED) is 0.614. The first kappa shape index (κ1) is 20.1. The number of sulfone groups is 1. The van der Waals surface area contributed by atoms with Crippen LogP contribution in [0.3, 0.4) is 0 Å². The molecule has 1 saturated carbocycles. The van der Waals surface area contributed by atoms with Gasteiger partial charge in [0, 0.05) is 17.9 Å². The Morgan fingerprint density at radius 3 is 2.65 bits per heavy atom. The van der Waals surface area contributed by atoms with Gasteiger partial charge in [-0.3, -0.25) is 4.57 Å². The smallest absolute Gasteiger partial charge is 0.175 e. The topological polar surface area (TPSA) is 93.9 Å². The van der Waals surface area contributed by atoms with Gasteiger partial charge in [0.15, 0.2) is 27.3 Å². The molecule has 0 spiro atoms. The number of fused-ring (bicyclic) bond motifs is 3. The van der Waals surface area contributed by atoms with Crippen molar-refractivity contribution in [2.75, 3.05) is 11.2 Å². The van der Waals surface area contributed by atoms with Crippen molar-refractivity contribution in [3.63, 3.8) is 0 Å². The number of aryl methyl sites for hydroxylation is 1. The number of hydrogen-bond acceptors (Lipinski definition) is 7. The standard InChI is InChI=1S/C22H26N6O2S/c1-4-18-22-26-25-14(2)27(22)19-13-23-20(15-8-7-11-17(12-15)31(3,29)30)24-21(19)28(18)16-9-5-6-10-16/h7-8,11-13,16,18H,4-6,9-10H2,1-3H3. The normalized spacial score (nSPS) is 18.8. The summed E-state index contributed by atoms with van der Waals surface area (Å²) in [7, 11) is -3.31. The molecule has 0 saturated heterocycles. The Morgan fingerprint density at radius 1 is 1.16 bits per heavy atom. The first-order valence-corrected chi connectivity index (χ1v) is 12.7. The van der Waals surface area contributed by atoms with Gasteiger partial charge >= 0.3 is 0 Å². The molecule has 31 heavy (non-hydrogen) atoms. The van der Waals surface area contributed by atoms with E-state index in [1.807, 2.05) is 19.2 Å². The van der Waals surface area contributed by atoms with Crippen molar-refractivity contribution in [1.29, 1.82) is 0 Å². The van der Waals surface area contributed by atoms with Gasteiger partial charge in [-0.05, 0) is 38.3 Å².